The molecule has 0 unspecified atom stereocenters. The van der Waals surface area contributed by atoms with Crippen LogP contribution in [0.25, 0.3) is 0 Å². The maximum absolute atomic E-state index is 11.9. The van der Waals surface area contributed by atoms with Gasteiger partial charge in [0.1, 0.15) is 0 Å². The maximum Gasteiger partial charge on any atom is 0.282 e. The molecular weight excluding hydrogens is 374 g/mol. The third-order valence-electron chi connectivity index (χ3n) is 3.41. The zero-order valence-corrected chi connectivity index (χ0v) is 15.3. The first kappa shape index (κ1) is 18.6. The summed E-state index contributed by atoms with van der Waals surface area (Å²) in [7, 11) is 0. The van der Waals surface area contributed by atoms with Gasteiger partial charge in [-0.15, -0.1) is 0 Å². The summed E-state index contributed by atoms with van der Waals surface area (Å²) < 4.78 is 10.3. The van der Waals surface area contributed by atoms with E-state index in [1.54, 1.807) is 0 Å². The number of hydrogen-bond donors (Lipinski definition) is 1. The monoisotopic (exact) mass is 389 g/mol. The summed E-state index contributed by atoms with van der Waals surface area (Å²) in [6.45, 7) is 3.70. The standard InChI is InChI=1S/C16H15N5O5S/c1-9-3-10(2)19-16(18-9)27-7-15(22)20-17-6-11-4-13-14(26-8-25-13)5-12(11)21(23)24/h3-6H,7-8H2,1-2H3,(H,20,22)/b17-6+. The first-order valence-electron chi connectivity index (χ1n) is 7.77. The summed E-state index contributed by atoms with van der Waals surface area (Å²) in [4.78, 5) is 31.0. The summed E-state index contributed by atoms with van der Waals surface area (Å²) in [5.41, 5.74) is 3.95. The first-order valence-corrected chi connectivity index (χ1v) is 8.76. The van der Waals surface area contributed by atoms with E-state index in [-0.39, 0.29) is 29.7 Å². The molecule has 1 aromatic carbocycles. The minimum Gasteiger partial charge on any atom is -0.454 e. The number of carbonyl (C=O) groups excluding carboxylic acids is 1. The molecule has 0 radical (unpaired) electrons. The zero-order valence-electron chi connectivity index (χ0n) is 14.5. The van der Waals surface area contributed by atoms with Crippen molar-refractivity contribution in [3.8, 4) is 11.5 Å². The molecule has 2 heterocycles. The van der Waals surface area contributed by atoms with Crippen molar-refractivity contribution >= 4 is 29.6 Å². The van der Waals surface area contributed by atoms with Gasteiger partial charge in [0.15, 0.2) is 16.7 Å². The molecule has 1 amide bonds. The van der Waals surface area contributed by atoms with Gasteiger partial charge in [-0.1, -0.05) is 11.8 Å². The molecule has 0 atom stereocenters. The molecular formula is C16H15N5O5S. The fraction of sp³-hybridized carbons (Fsp3) is 0.250. The number of benzene rings is 1. The van der Waals surface area contributed by atoms with E-state index in [1.165, 1.54) is 30.1 Å². The number of hydrogen-bond acceptors (Lipinski definition) is 9. The molecule has 1 aliphatic rings. The van der Waals surface area contributed by atoms with Crippen LogP contribution in [0.15, 0.2) is 28.5 Å². The number of nitrogens with zero attached hydrogens (tertiary/aromatic N) is 4. The summed E-state index contributed by atoms with van der Waals surface area (Å²) in [5, 5.41) is 15.5. The number of hydrazone groups is 1. The van der Waals surface area contributed by atoms with Gasteiger partial charge in [0.2, 0.25) is 6.79 Å². The summed E-state index contributed by atoms with van der Waals surface area (Å²) >= 11 is 1.17. The minimum absolute atomic E-state index is 0.00154. The van der Waals surface area contributed by atoms with Gasteiger partial charge in [-0.25, -0.2) is 15.4 Å². The van der Waals surface area contributed by atoms with Crippen molar-refractivity contribution < 1.29 is 19.2 Å². The number of aromatic nitrogens is 2. The minimum atomic E-state index is -0.557. The Morgan fingerprint density at radius 1 is 1.30 bits per heavy atom. The molecule has 0 saturated heterocycles. The van der Waals surface area contributed by atoms with Crippen LogP contribution in [-0.2, 0) is 4.79 Å². The lowest BCUT2D eigenvalue weighted by Gasteiger charge is -2.03. The number of nitrogens with one attached hydrogen (secondary N) is 1. The van der Waals surface area contributed by atoms with Gasteiger partial charge >= 0.3 is 0 Å². The lowest BCUT2D eigenvalue weighted by molar-refractivity contribution is -0.385. The second kappa shape index (κ2) is 7.99. The molecule has 3 rings (SSSR count). The lowest BCUT2D eigenvalue weighted by Crippen LogP contribution is -2.20. The summed E-state index contributed by atoms with van der Waals surface area (Å²) in [6, 6.07) is 4.54. The van der Waals surface area contributed by atoms with Gasteiger partial charge in [-0.2, -0.15) is 5.10 Å². The number of nitro benzene ring substituents is 1. The molecule has 2 aromatic rings. The van der Waals surface area contributed by atoms with Crippen molar-refractivity contribution in [1.82, 2.24) is 15.4 Å². The molecule has 0 aliphatic carbocycles. The highest BCUT2D eigenvalue weighted by atomic mass is 32.2. The van der Waals surface area contributed by atoms with Gasteiger partial charge in [0.25, 0.3) is 11.6 Å². The van der Waals surface area contributed by atoms with Gasteiger partial charge in [0, 0.05) is 11.4 Å². The number of rotatable bonds is 6. The van der Waals surface area contributed by atoms with Crippen LogP contribution in [0.4, 0.5) is 5.69 Å². The van der Waals surface area contributed by atoms with E-state index >= 15 is 0 Å². The number of aryl methyl sites for hydroxylation is 2. The summed E-state index contributed by atoms with van der Waals surface area (Å²) in [6.07, 6.45) is 1.19. The Balaban J connectivity index is 1.61. The maximum atomic E-state index is 11.9. The van der Waals surface area contributed by atoms with Gasteiger partial charge in [0.05, 0.1) is 28.5 Å². The highest BCUT2D eigenvalue weighted by Crippen LogP contribution is 2.37. The number of amides is 1. The quantitative estimate of drug-likeness (QED) is 0.261. The predicted molar refractivity (Wildman–Crippen MR) is 97.2 cm³/mol. The van der Waals surface area contributed by atoms with Crippen LogP contribution in [0.3, 0.4) is 0 Å². The normalized spacial score (nSPS) is 12.4. The van der Waals surface area contributed by atoms with Crippen molar-refractivity contribution in [3.63, 3.8) is 0 Å². The average molecular weight is 389 g/mol. The fourth-order valence-electron chi connectivity index (χ4n) is 2.30. The Hall–Kier alpha value is -3.21. The van der Waals surface area contributed by atoms with Crippen molar-refractivity contribution in [3.05, 3.63) is 45.3 Å². The number of thioether (sulfide) groups is 1. The SMILES string of the molecule is Cc1cc(C)nc(SCC(=O)N/N=C/c2cc3c(cc2[N+](=O)[O-])OCO3)n1. The Bertz CT molecular complexity index is 913. The largest absolute Gasteiger partial charge is 0.454 e. The first-order chi connectivity index (χ1) is 12.9. The van der Waals surface area contributed by atoms with E-state index in [9.17, 15) is 14.9 Å². The average Bonchev–Trinajstić information content (AvgIpc) is 3.05. The fourth-order valence-corrected chi connectivity index (χ4v) is 3.04. The molecule has 0 spiro atoms. The van der Waals surface area contributed by atoms with Crippen molar-refractivity contribution in [2.45, 2.75) is 19.0 Å². The molecule has 140 valence electrons. The van der Waals surface area contributed by atoms with Crippen LogP contribution in [0.1, 0.15) is 17.0 Å². The topological polar surface area (TPSA) is 129 Å². The zero-order chi connectivity index (χ0) is 19.4. The Morgan fingerprint density at radius 2 is 1.96 bits per heavy atom. The molecule has 0 bridgehead atoms. The third kappa shape index (κ3) is 4.70. The van der Waals surface area contributed by atoms with Gasteiger partial charge in [-0.3, -0.25) is 14.9 Å². The highest BCUT2D eigenvalue weighted by molar-refractivity contribution is 7.99. The molecule has 0 saturated carbocycles. The van der Waals surface area contributed by atoms with Crippen LogP contribution in [0.2, 0.25) is 0 Å². The van der Waals surface area contributed by atoms with E-state index in [2.05, 4.69) is 20.5 Å². The van der Waals surface area contributed by atoms with Crippen LogP contribution in [0, 0.1) is 24.0 Å². The van der Waals surface area contributed by atoms with E-state index in [0.29, 0.717) is 16.7 Å². The van der Waals surface area contributed by atoms with Crippen LogP contribution < -0.4 is 14.9 Å². The van der Waals surface area contributed by atoms with E-state index < -0.39 is 4.92 Å². The van der Waals surface area contributed by atoms with Gasteiger partial charge in [-0.05, 0) is 26.0 Å². The third-order valence-corrected chi connectivity index (χ3v) is 4.25. The number of nitro groups is 1. The molecule has 0 fully saturated rings. The van der Waals surface area contributed by atoms with Crippen LogP contribution in [-0.4, -0.2) is 39.6 Å². The number of carbonyl (C=O) groups is 1. The molecule has 1 aromatic heterocycles. The Labute approximate surface area is 158 Å². The Kier molecular flexibility index (Phi) is 5.50. The number of ether oxygens (including phenoxy) is 2. The Morgan fingerprint density at radius 3 is 2.63 bits per heavy atom. The molecule has 27 heavy (non-hydrogen) atoms. The summed E-state index contributed by atoms with van der Waals surface area (Å²) in [5.74, 6) is 0.356. The smallest absolute Gasteiger partial charge is 0.282 e. The molecule has 1 aliphatic heterocycles. The molecule has 1 N–H and O–H groups in total. The van der Waals surface area contributed by atoms with Crippen molar-refractivity contribution in [1.29, 1.82) is 0 Å². The van der Waals surface area contributed by atoms with Gasteiger partial charge < -0.3 is 9.47 Å². The van der Waals surface area contributed by atoms with Crippen LogP contribution >= 0.6 is 11.8 Å². The van der Waals surface area contributed by atoms with E-state index in [1.807, 2.05) is 19.9 Å². The molecule has 10 nitrogen and oxygen atoms in total. The van der Waals surface area contributed by atoms with Crippen molar-refractivity contribution in [2.24, 2.45) is 5.10 Å². The predicted octanol–water partition coefficient (Wildman–Crippen LogP) is 1.97. The second-order valence-corrected chi connectivity index (χ2v) is 6.48. The lowest BCUT2D eigenvalue weighted by atomic mass is 10.1. The second-order valence-electron chi connectivity index (χ2n) is 5.54. The van der Waals surface area contributed by atoms with Crippen molar-refractivity contribution in [2.75, 3.05) is 12.5 Å². The van der Waals surface area contributed by atoms with Crippen LogP contribution in [0.5, 0.6) is 11.5 Å². The highest BCUT2D eigenvalue weighted by Gasteiger charge is 2.22. The number of fused-ring (bicyclic) bond motifs is 1. The van der Waals surface area contributed by atoms with E-state index in [0.717, 1.165) is 11.4 Å². The van der Waals surface area contributed by atoms with E-state index in [4.69, 9.17) is 9.47 Å². The molecule has 11 heteroatoms.